The average Bonchev–Trinajstić information content (AvgIpc) is 2.40. The fourth-order valence-electron chi connectivity index (χ4n) is 2.39. The summed E-state index contributed by atoms with van der Waals surface area (Å²) in [5, 5.41) is 9.54. The molecule has 3 nitrogen and oxygen atoms in total. The first-order valence-corrected chi connectivity index (χ1v) is 7.19. The Morgan fingerprint density at radius 3 is 2.00 bits per heavy atom. The van der Waals surface area contributed by atoms with Gasteiger partial charge in [-0.3, -0.25) is 9.69 Å². The molecule has 0 saturated carbocycles. The standard InChI is InChI=1S/C16H25NO2/c1-4-11-17(12-5-2)15(16(18)19)14-9-7-13(6-3)8-10-14/h7-10,15H,4-6,11-12H2,1-3H3,(H,18,19). The van der Waals surface area contributed by atoms with Crippen LogP contribution in [0.1, 0.15) is 50.8 Å². The van der Waals surface area contributed by atoms with Crippen LogP contribution in [0.2, 0.25) is 0 Å². The van der Waals surface area contributed by atoms with Crippen LogP contribution in [0.4, 0.5) is 0 Å². The van der Waals surface area contributed by atoms with Crippen molar-refractivity contribution >= 4 is 5.97 Å². The summed E-state index contributed by atoms with van der Waals surface area (Å²) in [6.07, 6.45) is 2.92. The van der Waals surface area contributed by atoms with E-state index in [1.807, 2.05) is 24.3 Å². The molecule has 19 heavy (non-hydrogen) atoms. The third-order valence-corrected chi connectivity index (χ3v) is 3.32. The highest BCUT2D eigenvalue weighted by Crippen LogP contribution is 2.22. The number of carbonyl (C=O) groups is 1. The van der Waals surface area contributed by atoms with Gasteiger partial charge in [0.2, 0.25) is 0 Å². The summed E-state index contributed by atoms with van der Waals surface area (Å²) in [4.78, 5) is 13.7. The fourth-order valence-corrected chi connectivity index (χ4v) is 2.39. The van der Waals surface area contributed by atoms with E-state index in [0.717, 1.165) is 37.9 Å². The van der Waals surface area contributed by atoms with Crippen LogP contribution in [-0.4, -0.2) is 29.1 Å². The Balaban J connectivity index is 2.99. The molecule has 0 saturated heterocycles. The van der Waals surface area contributed by atoms with Crippen molar-refractivity contribution in [2.45, 2.75) is 46.1 Å². The van der Waals surface area contributed by atoms with Gasteiger partial charge in [0, 0.05) is 0 Å². The van der Waals surface area contributed by atoms with Crippen LogP contribution in [0.5, 0.6) is 0 Å². The summed E-state index contributed by atoms with van der Waals surface area (Å²) in [6.45, 7) is 7.91. The molecule has 1 aromatic rings. The number of aryl methyl sites for hydroxylation is 1. The monoisotopic (exact) mass is 263 g/mol. The Kier molecular flexibility index (Phi) is 6.57. The smallest absolute Gasteiger partial charge is 0.325 e. The van der Waals surface area contributed by atoms with Gasteiger partial charge in [-0.25, -0.2) is 0 Å². The lowest BCUT2D eigenvalue weighted by molar-refractivity contribution is -0.143. The molecular formula is C16H25NO2. The van der Waals surface area contributed by atoms with Crippen molar-refractivity contribution in [3.8, 4) is 0 Å². The SMILES string of the molecule is CCCN(CCC)C(C(=O)O)c1ccc(CC)cc1. The first-order valence-electron chi connectivity index (χ1n) is 7.19. The van der Waals surface area contributed by atoms with Gasteiger partial charge in [-0.05, 0) is 43.5 Å². The van der Waals surface area contributed by atoms with E-state index in [1.165, 1.54) is 5.56 Å². The van der Waals surface area contributed by atoms with Crippen LogP contribution in [0, 0.1) is 0 Å². The molecule has 0 amide bonds. The maximum absolute atomic E-state index is 11.6. The average molecular weight is 263 g/mol. The number of hydrogen-bond acceptors (Lipinski definition) is 2. The molecule has 0 heterocycles. The molecule has 0 fully saturated rings. The highest BCUT2D eigenvalue weighted by atomic mass is 16.4. The van der Waals surface area contributed by atoms with Gasteiger partial charge in [-0.2, -0.15) is 0 Å². The van der Waals surface area contributed by atoms with E-state index >= 15 is 0 Å². The topological polar surface area (TPSA) is 40.5 Å². The predicted molar refractivity (Wildman–Crippen MR) is 78.4 cm³/mol. The molecule has 1 N–H and O–H groups in total. The van der Waals surface area contributed by atoms with Gasteiger partial charge in [0.05, 0.1) is 0 Å². The van der Waals surface area contributed by atoms with Crippen molar-refractivity contribution in [3.63, 3.8) is 0 Å². The summed E-state index contributed by atoms with van der Waals surface area (Å²) >= 11 is 0. The maximum Gasteiger partial charge on any atom is 0.325 e. The molecule has 1 aromatic carbocycles. The van der Waals surface area contributed by atoms with Gasteiger partial charge in [0.15, 0.2) is 0 Å². The summed E-state index contributed by atoms with van der Waals surface area (Å²) < 4.78 is 0. The number of hydrogen-bond donors (Lipinski definition) is 1. The Labute approximate surface area is 116 Å². The molecule has 0 radical (unpaired) electrons. The van der Waals surface area contributed by atoms with Crippen LogP contribution in [0.25, 0.3) is 0 Å². The second kappa shape index (κ2) is 7.95. The molecule has 0 spiro atoms. The number of aliphatic carboxylic acids is 1. The first-order chi connectivity index (χ1) is 9.13. The zero-order valence-corrected chi connectivity index (χ0v) is 12.2. The fraction of sp³-hybridized carbons (Fsp3) is 0.562. The molecule has 1 rings (SSSR count). The zero-order chi connectivity index (χ0) is 14.3. The minimum absolute atomic E-state index is 0.522. The number of carboxylic acid groups (broad SMARTS) is 1. The molecule has 3 heteroatoms. The van der Waals surface area contributed by atoms with Crippen LogP contribution < -0.4 is 0 Å². The first kappa shape index (κ1) is 15.7. The van der Waals surface area contributed by atoms with Crippen molar-refractivity contribution in [3.05, 3.63) is 35.4 Å². The van der Waals surface area contributed by atoms with Crippen molar-refractivity contribution in [1.29, 1.82) is 0 Å². The minimum atomic E-state index is -0.758. The molecule has 0 aliphatic rings. The summed E-state index contributed by atoms with van der Waals surface area (Å²) in [5.41, 5.74) is 2.12. The van der Waals surface area contributed by atoms with E-state index in [1.54, 1.807) is 0 Å². The van der Waals surface area contributed by atoms with Gasteiger partial charge in [-0.15, -0.1) is 0 Å². The lowest BCUT2D eigenvalue weighted by atomic mass is 10.0. The number of nitrogens with zero attached hydrogens (tertiary/aromatic N) is 1. The lowest BCUT2D eigenvalue weighted by Gasteiger charge is -2.28. The number of carboxylic acids is 1. The second-order valence-electron chi connectivity index (χ2n) is 4.87. The zero-order valence-electron chi connectivity index (χ0n) is 12.2. The van der Waals surface area contributed by atoms with Crippen molar-refractivity contribution in [1.82, 2.24) is 4.90 Å². The Morgan fingerprint density at radius 1 is 1.11 bits per heavy atom. The molecule has 0 aromatic heterocycles. The van der Waals surface area contributed by atoms with Crippen LogP contribution in [-0.2, 0) is 11.2 Å². The molecule has 1 atom stereocenters. The summed E-state index contributed by atoms with van der Waals surface area (Å²) in [5.74, 6) is -0.758. The quantitative estimate of drug-likeness (QED) is 0.780. The second-order valence-corrected chi connectivity index (χ2v) is 4.87. The minimum Gasteiger partial charge on any atom is -0.480 e. The predicted octanol–water partition coefficient (Wildman–Crippen LogP) is 3.50. The maximum atomic E-state index is 11.6. The molecule has 0 aliphatic heterocycles. The Morgan fingerprint density at radius 2 is 1.63 bits per heavy atom. The Bertz CT molecular complexity index is 380. The van der Waals surface area contributed by atoms with E-state index in [4.69, 9.17) is 0 Å². The number of benzene rings is 1. The lowest BCUT2D eigenvalue weighted by Crippen LogP contribution is -2.35. The third kappa shape index (κ3) is 4.35. The van der Waals surface area contributed by atoms with Crippen LogP contribution >= 0.6 is 0 Å². The van der Waals surface area contributed by atoms with E-state index < -0.39 is 12.0 Å². The van der Waals surface area contributed by atoms with Gasteiger partial charge in [-0.1, -0.05) is 45.0 Å². The molecule has 0 bridgehead atoms. The summed E-state index contributed by atoms with van der Waals surface area (Å²) in [6, 6.07) is 7.44. The van der Waals surface area contributed by atoms with Gasteiger partial charge < -0.3 is 5.11 Å². The van der Waals surface area contributed by atoms with Crippen molar-refractivity contribution in [2.75, 3.05) is 13.1 Å². The molecule has 1 unspecified atom stereocenters. The van der Waals surface area contributed by atoms with E-state index in [-0.39, 0.29) is 0 Å². The molecule has 106 valence electrons. The van der Waals surface area contributed by atoms with E-state index in [0.29, 0.717) is 0 Å². The van der Waals surface area contributed by atoms with Gasteiger partial charge >= 0.3 is 5.97 Å². The third-order valence-electron chi connectivity index (χ3n) is 3.32. The summed E-state index contributed by atoms with van der Waals surface area (Å²) in [7, 11) is 0. The van der Waals surface area contributed by atoms with E-state index in [9.17, 15) is 9.90 Å². The number of rotatable bonds is 8. The largest absolute Gasteiger partial charge is 0.480 e. The normalized spacial score (nSPS) is 12.6. The van der Waals surface area contributed by atoms with Crippen molar-refractivity contribution in [2.24, 2.45) is 0 Å². The molecule has 0 aliphatic carbocycles. The van der Waals surface area contributed by atoms with Crippen LogP contribution in [0.3, 0.4) is 0 Å². The van der Waals surface area contributed by atoms with E-state index in [2.05, 4.69) is 25.7 Å². The van der Waals surface area contributed by atoms with Gasteiger partial charge in [0.1, 0.15) is 6.04 Å². The van der Waals surface area contributed by atoms with Crippen LogP contribution in [0.15, 0.2) is 24.3 Å². The Hall–Kier alpha value is -1.35. The highest BCUT2D eigenvalue weighted by Gasteiger charge is 2.26. The molecular weight excluding hydrogens is 238 g/mol. The van der Waals surface area contributed by atoms with Crippen molar-refractivity contribution < 1.29 is 9.90 Å². The highest BCUT2D eigenvalue weighted by molar-refractivity contribution is 5.75. The van der Waals surface area contributed by atoms with Gasteiger partial charge in [0.25, 0.3) is 0 Å².